The lowest BCUT2D eigenvalue weighted by Crippen LogP contribution is -1.96. The van der Waals surface area contributed by atoms with E-state index in [2.05, 4.69) is 176 Å². The first-order valence-corrected chi connectivity index (χ1v) is 19.7. The van der Waals surface area contributed by atoms with E-state index in [1.54, 1.807) is 0 Å². The maximum atomic E-state index is 6.04. The molecule has 0 radical (unpaired) electrons. The lowest BCUT2D eigenvalue weighted by Gasteiger charge is -2.16. The van der Waals surface area contributed by atoms with Crippen LogP contribution < -0.4 is 0 Å². The van der Waals surface area contributed by atoms with Gasteiger partial charge in [-0.25, -0.2) is 0 Å². The molecule has 0 fully saturated rings. The minimum atomic E-state index is 0.505. The summed E-state index contributed by atoms with van der Waals surface area (Å²) in [7, 11) is 0. The van der Waals surface area contributed by atoms with Crippen LogP contribution in [0.5, 0.6) is 0 Å². The Hall–Kier alpha value is -6.52. The molecule has 56 heavy (non-hydrogen) atoms. The Morgan fingerprint density at radius 3 is 1.32 bits per heavy atom. The number of nitrogens with zero attached hydrogens (tertiary/aromatic N) is 3. The van der Waals surface area contributed by atoms with Crippen LogP contribution in [0.25, 0.3) is 83.8 Å². The topological polar surface area (TPSA) is 43.9 Å². The molecular weight excluding hydrogens is 683 g/mol. The fourth-order valence-corrected chi connectivity index (χ4v) is 8.15. The van der Waals surface area contributed by atoms with Gasteiger partial charge in [0, 0.05) is 27.6 Å². The van der Waals surface area contributed by atoms with Gasteiger partial charge in [-0.2, -0.15) is 0 Å². The van der Waals surface area contributed by atoms with Crippen molar-refractivity contribution in [3.05, 3.63) is 175 Å². The summed E-state index contributed by atoms with van der Waals surface area (Å²) in [6, 6.07) is 58.9. The third-order valence-corrected chi connectivity index (χ3v) is 10.7. The zero-order chi connectivity index (χ0) is 38.2. The van der Waals surface area contributed by atoms with Gasteiger partial charge in [-0.3, -0.25) is 0 Å². The fourth-order valence-electron chi connectivity index (χ4n) is 8.15. The fraction of sp³-hybridized carbons (Fsp3) is 0.154. The second-order valence-electron chi connectivity index (χ2n) is 15.7. The largest absolute Gasteiger partial charge is 0.416 e. The number of aromatic nitrogens is 3. The van der Waals surface area contributed by atoms with Crippen molar-refractivity contribution in [3.63, 3.8) is 0 Å². The highest BCUT2D eigenvalue weighted by Gasteiger charge is 2.17. The number of benzene rings is 7. The monoisotopic (exact) mass is 727 g/mol. The Bertz CT molecular complexity index is 2720. The SMILES string of the molecule is CC(C)Cc1ccc2c(c1)c1cc(CC(C)C)ccc1n2-c1ccc(-c2ccccc2-c2ccccc2-c2ccc(-c3nnc(-c4ccccc4)o3)cc2)cc1. The number of hydrogen-bond donors (Lipinski definition) is 0. The van der Waals surface area contributed by atoms with E-state index in [4.69, 9.17) is 4.42 Å². The van der Waals surface area contributed by atoms with Crippen LogP contribution >= 0.6 is 0 Å². The van der Waals surface area contributed by atoms with Gasteiger partial charge in [-0.15, -0.1) is 10.2 Å². The highest BCUT2D eigenvalue weighted by atomic mass is 16.4. The molecule has 4 heteroatoms. The van der Waals surface area contributed by atoms with E-state index in [1.807, 2.05) is 30.3 Å². The van der Waals surface area contributed by atoms with Gasteiger partial charge in [-0.1, -0.05) is 131 Å². The molecule has 0 atom stereocenters. The molecule has 0 amide bonds. The van der Waals surface area contributed by atoms with Crippen molar-refractivity contribution in [2.45, 2.75) is 40.5 Å². The summed E-state index contributed by atoms with van der Waals surface area (Å²) in [5.41, 5.74) is 15.3. The van der Waals surface area contributed by atoms with E-state index >= 15 is 0 Å². The molecule has 2 aromatic heterocycles. The van der Waals surface area contributed by atoms with Crippen molar-refractivity contribution in [1.29, 1.82) is 0 Å². The van der Waals surface area contributed by atoms with Gasteiger partial charge >= 0.3 is 0 Å². The Morgan fingerprint density at radius 2 is 0.839 bits per heavy atom. The first kappa shape index (κ1) is 35.2. The van der Waals surface area contributed by atoms with E-state index < -0.39 is 0 Å². The lowest BCUT2D eigenvalue weighted by molar-refractivity contribution is 0.584. The van der Waals surface area contributed by atoms with Crippen molar-refractivity contribution < 1.29 is 4.42 Å². The zero-order valence-electron chi connectivity index (χ0n) is 32.4. The third kappa shape index (κ3) is 6.84. The Kier molecular flexibility index (Phi) is 9.40. The molecule has 0 aliphatic rings. The second-order valence-corrected chi connectivity index (χ2v) is 15.7. The van der Waals surface area contributed by atoms with Gasteiger partial charge < -0.3 is 8.98 Å². The van der Waals surface area contributed by atoms with Crippen LogP contribution in [0.3, 0.4) is 0 Å². The number of rotatable bonds is 10. The molecule has 0 aliphatic carbocycles. The van der Waals surface area contributed by atoms with Gasteiger partial charge in [-0.05, 0) is 130 Å². The van der Waals surface area contributed by atoms with Gasteiger partial charge in [0.2, 0.25) is 11.8 Å². The molecule has 9 rings (SSSR count). The highest BCUT2D eigenvalue weighted by molar-refractivity contribution is 6.09. The predicted octanol–water partition coefficient (Wildman–Crippen LogP) is 13.9. The molecule has 0 unspecified atom stereocenters. The summed E-state index contributed by atoms with van der Waals surface area (Å²) in [5, 5.41) is 11.3. The maximum absolute atomic E-state index is 6.04. The number of hydrogen-bond acceptors (Lipinski definition) is 3. The molecule has 9 aromatic rings. The minimum Gasteiger partial charge on any atom is -0.416 e. The predicted molar refractivity (Wildman–Crippen MR) is 233 cm³/mol. The van der Waals surface area contributed by atoms with E-state index in [0.717, 1.165) is 40.8 Å². The molecule has 0 spiro atoms. The van der Waals surface area contributed by atoms with E-state index in [9.17, 15) is 0 Å². The molecule has 0 bridgehead atoms. The third-order valence-electron chi connectivity index (χ3n) is 10.7. The van der Waals surface area contributed by atoms with Gasteiger partial charge in [0.1, 0.15) is 0 Å². The van der Waals surface area contributed by atoms with Crippen molar-refractivity contribution in [1.82, 2.24) is 14.8 Å². The molecule has 0 saturated heterocycles. The summed E-state index contributed by atoms with van der Waals surface area (Å²) in [4.78, 5) is 0. The molecule has 4 nitrogen and oxygen atoms in total. The average molecular weight is 728 g/mol. The molecule has 7 aromatic carbocycles. The standard InChI is InChI=1S/C52H45N3O/c1-34(2)30-36-18-28-49-47(32-36)48-33-37(31-35(3)4)19-29-50(48)55(49)42-26-24-39(25-27-42)44-15-9-11-17-46(44)45-16-10-8-14-43(45)38-20-22-41(23-21-38)52-54-53-51(56-52)40-12-6-5-7-13-40/h5-29,32-35H,30-31H2,1-4H3. The van der Waals surface area contributed by atoms with Crippen molar-refractivity contribution >= 4 is 21.8 Å². The molecule has 2 heterocycles. The first-order chi connectivity index (χ1) is 27.4. The van der Waals surface area contributed by atoms with Crippen molar-refractivity contribution in [2.24, 2.45) is 11.8 Å². The van der Waals surface area contributed by atoms with Crippen molar-refractivity contribution in [3.8, 4) is 62.0 Å². The van der Waals surface area contributed by atoms with Crippen LogP contribution in [0.15, 0.2) is 168 Å². The first-order valence-electron chi connectivity index (χ1n) is 19.7. The average Bonchev–Trinajstić information content (AvgIpc) is 3.84. The summed E-state index contributed by atoms with van der Waals surface area (Å²) in [6.45, 7) is 9.18. The quantitative estimate of drug-likeness (QED) is 0.141. The van der Waals surface area contributed by atoms with Gasteiger partial charge in [0.05, 0.1) is 11.0 Å². The zero-order valence-corrected chi connectivity index (χ0v) is 32.4. The summed E-state index contributed by atoms with van der Waals surface area (Å²) in [5.74, 6) is 2.24. The Balaban J connectivity index is 1.06. The summed E-state index contributed by atoms with van der Waals surface area (Å²) >= 11 is 0. The van der Waals surface area contributed by atoms with Crippen LogP contribution in [-0.2, 0) is 12.8 Å². The normalized spacial score (nSPS) is 11.7. The number of fused-ring (bicyclic) bond motifs is 3. The van der Waals surface area contributed by atoms with E-state index in [0.29, 0.717) is 23.6 Å². The van der Waals surface area contributed by atoms with Gasteiger partial charge in [0.15, 0.2) is 0 Å². The van der Waals surface area contributed by atoms with Crippen LogP contribution in [0.4, 0.5) is 0 Å². The van der Waals surface area contributed by atoms with Crippen LogP contribution in [0, 0.1) is 11.8 Å². The van der Waals surface area contributed by atoms with E-state index in [-0.39, 0.29) is 0 Å². The van der Waals surface area contributed by atoms with E-state index in [1.165, 1.54) is 55.2 Å². The smallest absolute Gasteiger partial charge is 0.248 e. The summed E-state index contributed by atoms with van der Waals surface area (Å²) < 4.78 is 8.48. The van der Waals surface area contributed by atoms with Crippen LogP contribution in [0.1, 0.15) is 38.8 Å². The van der Waals surface area contributed by atoms with Crippen LogP contribution in [-0.4, -0.2) is 14.8 Å². The van der Waals surface area contributed by atoms with Gasteiger partial charge in [0.25, 0.3) is 0 Å². The molecule has 0 aliphatic heterocycles. The minimum absolute atomic E-state index is 0.505. The van der Waals surface area contributed by atoms with Crippen LogP contribution in [0.2, 0.25) is 0 Å². The molecule has 0 saturated carbocycles. The molecular formula is C52H45N3O. The molecule has 0 N–H and O–H groups in total. The second kappa shape index (κ2) is 15.0. The Morgan fingerprint density at radius 1 is 0.429 bits per heavy atom. The highest BCUT2D eigenvalue weighted by Crippen LogP contribution is 2.40. The maximum Gasteiger partial charge on any atom is 0.248 e. The lowest BCUT2D eigenvalue weighted by atomic mass is 9.89. The summed E-state index contributed by atoms with van der Waals surface area (Å²) in [6.07, 6.45) is 2.15. The Labute approximate surface area is 329 Å². The van der Waals surface area contributed by atoms with Crippen molar-refractivity contribution in [2.75, 3.05) is 0 Å². The molecule has 274 valence electrons.